The molecule has 0 aliphatic carbocycles. The Kier molecular flexibility index (Phi) is 6.28. The quantitative estimate of drug-likeness (QED) is 0.332. The average Bonchev–Trinajstić information content (AvgIpc) is 3.41. The van der Waals surface area contributed by atoms with Crippen LogP contribution >= 0.6 is 11.6 Å². The summed E-state index contributed by atoms with van der Waals surface area (Å²) in [5.41, 5.74) is 1.09. The molecule has 1 N–H and O–H groups in total. The minimum Gasteiger partial charge on any atom is -0.507 e. The van der Waals surface area contributed by atoms with Crippen LogP contribution in [0.5, 0.6) is 5.75 Å². The van der Waals surface area contributed by atoms with Crippen molar-refractivity contribution in [1.82, 2.24) is 14.5 Å². The van der Waals surface area contributed by atoms with Gasteiger partial charge in [0.15, 0.2) is 0 Å². The summed E-state index contributed by atoms with van der Waals surface area (Å²) in [5, 5.41) is 11.6. The van der Waals surface area contributed by atoms with Crippen LogP contribution in [-0.4, -0.2) is 44.9 Å². The van der Waals surface area contributed by atoms with E-state index in [4.69, 9.17) is 16.3 Å². The number of hydrogen-bond acceptors (Lipinski definition) is 5. The summed E-state index contributed by atoms with van der Waals surface area (Å²) in [5.74, 6) is -1.09. The predicted octanol–water partition coefficient (Wildman–Crippen LogP) is 4.06. The Morgan fingerprint density at radius 1 is 1.16 bits per heavy atom. The molecular formula is C24H22ClN3O4. The van der Waals surface area contributed by atoms with Crippen molar-refractivity contribution in [2.75, 3.05) is 13.7 Å². The highest BCUT2D eigenvalue weighted by molar-refractivity contribution is 6.46. The number of benzene rings is 2. The van der Waals surface area contributed by atoms with E-state index in [-0.39, 0.29) is 11.3 Å². The van der Waals surface area contributed by atoms with Gasteiger partial charge in [-0.3, -0.25) is 9.59 Å². The number of ketones is 1. The van der Waals surface area contributed by atoms with Gasteiger partial charge in [-0.2, -0.15) is 0 Å². The number of nitrogens with zero attached hydrogens (tertiary/aromatic N) is 3. The van der Waals surface area contributed by atoms with Crippen LogP contribution in [0, 0.1) is 0 Å². The molecule has 1 aromatic heterocycles. The molecule has 1 amide bonds. The lowest BCUT2D eigenvalue weighted by atomic mass is 9.95. The van der Waals surface area contributed by atoms with E-state index in [9.17, 15) is 14.7 Å². The fraction of sp³-hybridized carbons (Fsp3) is 0.208. The monoisotopic (exact) mass is 451 g/mol. The van der Waals surface area contributed by atoms with Gasteiger partial charge in [0.2, 0.25) is 0 Å². The molecule has 1 atom stereocenters. The second-order valence-electron chi connectivity index (χ2n) is 7.43. The Morgan fingerprint density at radius 2 is 1.97 bits per heavy atom. The van der Waals surface area contributed by atoms with E-state index < -0.39 is 17.7 Å². The molecule has 7 nitrogen and oxygen atoms in total. The van der Waals surface area contributed by atoms with Crippen LogP contribution in [0.3, 0.4) is 0 Å². The van der Waals surface area contributed by atoms with Crippen molar-refractivity contribution in [2.45, 2.75) is 19.0 Å². The number of hydrogen-bond donors (Lipinski definition) is 1. The van der Waals surface area contributed by atoms with Gasteiger partial charge in [0, 0.05) is 36.1 Å². The van der Waals surface area contributed by atoms with Crippen molar-refractivity contribution in [3.63, 3.8) is 0 Å². The number of methoxy groups -OCH3 is 1. The number of ether oxygens (including phenoxy) is 1. The number of aromatic nitrogens is 2. The van der Waals surface area contributed by atoms with Gasteiger partial charge in [-0.25, -0.2) is 4.98 Å². The van der Waals surface area contributed by atoms with Crippen molar-refractivity contribution >= 4 is 29.1 Å². The first-order valence-corrected chi connectivity index (χ1v) is 10.5. The van der Waals surface area contributed by atoms with Crippen molar-refractivity contribution in [1.29, 1.82) is 0 Å². The number of carbonyl (C=O) groups is 2. The summed E-state index contributed by atoms with van der Waals surface area (Å²) in [4.78, 5) is 31.6. The molecule has 0 radical (unpaired) electrons. The summed E-state index contributed by atoms with van der Waals surface area (Å²) >= 11 is 6.21. The van der Waals surface area contributed by atoms with E-state index in [1.165, 1.54) is 12.0 Å². The van der Waals surface area contributed by atoms with E-state index in [0.29, 0.717) is 41.4 Å². The Hall–Kier alpha value is -3.58. The highest BCUT2D eigenvalue weighted by Gasteiger charge is 2.45. The summed E-state index contributed by atoms with van der Waals surface area (Å²) in [6.45, 7) is 0.968. The molecule has 0 bridgehead atoms. The number of carbonyl (C=O) groups excluding carboxylic acids is 2. The summed E-state index contributed by atoms with van der Waals surface area (Å²) < 4.78 is 7.14. The first kappa shape index (κ1) is 21.6. The van der Waals surface area contributed by atoms with Gasteiger partial charge in [-0.15, -0.1) is 0 Å². The molecule has 0 saturated carbocycles. The normalized spacial score (nSPS) is 17.7. The van der Waals surface area contributed by atoms with Crippen LogP contribution in [0.25, 0.3) is 5.76 Å². The van der Waals surface area contributed by atoms with Crippen molar-refractivity contribution in [3.05, 3.63) is 89.0 Å². The third kappa shape index (κ3) is 4.24. The molecule has 1 aliphatic rings. The van der Waals surface area contributed by atoms with Gasteiger partial charge in [0.25, 0.3) is 11.7 Å². The molecule has 2 heterocycles. The van der Waals surface area contributed by atoms with Crippen LogP contribution in [0.4, 0.5) is 0 Å². The lowest BCUT2D eigenvalue weighted by Crippen LogP contribution is -2.31. The molecule has 0 spiro atoms. The third-order valence-electron chi connectivity index (χ3n) is 5.42. The standard InChI is InChI=1S/C24H22ClN3O4/c1-32-19-8-3-6-17(14-19)22(29)20-21(16-5-2-7-18(25)13-16)28(24(31)23(20)30)11-4-10-27-12-9-26-15-27/h2-3,5-9,12-15,21,29H,4,10-11H2,1H3/b22-20+/t21-/m1/s1. The van der Waals surface area contributed by atoms with Gasteiger partial charge >= 0.3 is 0 Å². The van der Waals surface area contributed by atoms with Crippen LogP contribution in [0.1, 0.15) is 23.6 Å². The van der Waals surface area contributed by atoms with Crippen LogP contribution in [0.2, 0.25) is 5.02 Å². The number of aliphatic hydroxyl groups excluding tert-OH is 1. The van der Waals surface area contributed by atoms with E-state index in [1.54, 1.807) is 61.1 Å². The molecule has 2 aromatic carbocycles. The van der Waals surface area contributed by atoms with E-state index in [2.05, 4.69) is 4.98 Å². The average molecular weight is 452 g/mol. The molecule has 1 aliphatic heterocycles. The first-order chi connectivity index (χ1) is 15.5. The zero-order valence-electron chi connectivity index (χ0n) is 17.4. The lowest BCUT2D eigenvalue weighted by molar-refractivity contribution is -0.139. The zero-order chi connectivity index (χ0) is 22.7. The molecule has 4 rings (SSSR count). The lowest BCUT2D eigenvalue weighted by Gasteiger charge is -2.25. The molecule has 0 unspecified atom stereocenters. The molecule has 32 heavy (non-hydrogen) atoms. The first-order valence-electron chi connectivity index (χ1n) is 10.1. The topological polar surface area (TPSA) is 84.7 Å². The largest absolute Gasteiger partial charge is 0.507 e. The third-order valence-corrected chi connectivity index (χ3v) is 5.66. The number of halogens is 1. The van der Waals surface area contributed by atoms with Crippen molar-refractivity contribution in [2.24, 2.45) is 0 Å². The Bertz CT molecular complexity index is 1170. The minimum absolute atomic E-state index is 0.0353. The fourth-order valence-corrected chi connectivity index (χ4v) is 4.10. The number of likely N-dealkylation sites (tertiary alicyclic amines) is 1. The second-order valence-corrected chi connectivity index (χ2v) is 7.87. The fourth-order valence-electron chi connectivity index (χ4n) is 3.90. The summed E-state index contributed by atoms with van der Waals surface area (Å²) in [6.07, 6.45) is 5.84. The van der Waals surface area contributed by atoms with Gasteiger partial charge in [0.05, 0.1) is 25.1 Å². The number of amides is 1. The maximum atomic E-state index is 13.1. The number of rotatable bonds is 7. The van der Waals surface area contributed by atoms with E-state index >= 15 is 0 Å². The SMILES string of the molecule is COc1cccc(/C(O)=C2\C(=O)C(=O)N(CCCn3ccnc3)[C@@H]2c2cccc(Cl)c2)c1. The summed E-state index contributed by atoms with van der Waals surface area (Å²) in [7, 11) is 1.52. The van der Waals surface area contributed by atoms with E-state index in [0.717, 1.165) is 0 Å². The van der Waals surface area contributed by atoms with Gasteiger partial charge in [-0.1, -0.05) is 35.9 Å². The zero-order valence-corrected chi connectivity index (χ0v) is 18.2. The molecule has 3 aromatic rings. The minimum atomic E-state index is -0.748. The maximum Gasteiger partial charge on any atom is 0.295 e. The van der Waals surface area contributed by atoms with Gasteiger partial charge in [0.1, 0.15) is 11.5 Å². The van der Waals surface area contributed by atoms with Gasteiger partial charge < -0.3 is 19.3 Å². The smallest absolute Gasteiger partial charge is 0.295 e. The maximum absolute atomic E-state index is 13.1. The number of imidazole rings is 1. The number of aryl methyl sites for hydroxylation is 1. The van der Waals surface area contributed by atoms with E-state index in [1.807, 2.05) is 10.8 Å². The predicted molar refractivity (Wildman–Crippen MR) is 120 cm³/mol. The Balaban J connectivity index is 1.75. The Morgan fingerprint density at radius 3 is 2.69 bits per heavy atom. The summed E-state index contributed by atoms with van der Waals surface area (Å²) in [6, 6.07) is 13.0. The molecule has 1 fully saturated rings. The Labute approximate surface area is 190 Å². The number of Topliss-reactive ketones (excluding diaryl/α,β-unsaturated/α-hetero) is 1. The number of aliphatic hydroxyl groups is 1. The van der Waals surface area contributed by atoms with Crippen LogP contribution < -0.4 is 4.74 Å². The van der Waals surface area contributed by atoms with Crippen molar-refractivity contribution in [3.8, 4) is 5.75 Å². The molecule has 1 saturated heterocycles. The molecule has 164 valence electrons. The van der Waals surface area contributed by atoms with Crippen LogP contribution in [0.15, 0.2) is 72.8 Å². The highest BCUT2D eigenvalue weighted by atomic mass is 35.5. The van der Waals surface area contributed by atoms with Crippen molar-refractivity contribution < 1.29 is 19.4 Å². The molecule has 8 heteroatoms. The van der Waals surface area contributed by atoms with Crippen LogP contribution in [-0.2, 0) is 16.1 Å². The highest BCUT2D eigenvalue weighted by Crippen LogP contribution is 2.40. The second kappa shape index (κ2) is 9.28. The van der Waals surface area contributed by atoms with Gasteiger partial charge in [-0.05, 0) is 36.2 Å². The molecular weight excluding hydrogens is 430 g/mol.